The third-order valence-corrected chi connectivity index (χ3v) is 2.56. The van der Waals surface area contributed by atoms with E-state index in [1.165, 1.54) is 0 Å². The highest BCUT2D eigenvalue weighted by atomic mass is 31.0. The lowest BCUT2D eigenvalue weighted by atomic mass is 10.1. The molecule has 0 radical (unpaired) electrons. The molecule has 1 aromatic rings. The Morgan fingerprint density at radius 1 is 0.923 bits per heavy atom. The van der Waals surface area contributed by atoms with Gasteiger partial charge in [-0.05, 0) is 6.42 Å². The van der Waals surface area contributed by atoms with Crippen LogP contribution in [0.1, 0.15) is 12.5 Å². The summed E-state index contributed by atoms with van der Waals surface area (Å²) < 4.78 is 51.0. The van der Waals surface area contributed by atoms with E-state index in [0.29, 0.717) is 0 Å². The fourth-order valence-corrected chi connectivity index (χ4v) is 1.65. The van der Waals surface area contributed by atoms with Gasteiger partial charge < -0.3 is 0 Å². The fourth-order valence-electron chi connectivity index (χ4n) is 1.09. The van der Waals surface area contributed by atoms with Gasteiger partial charge in [-0.1, -0.05) is 6.92 Å². The first-order valence-electron chi connectivity index (χ1n) is 3.67. The van der Waals surface area contributed by atoms with Gasteiger partial charge in [0.05, 0.1) is 0 Å². The normalized spacial score (nSPS) is 10.8. The van der Waals surface area contributed by atoms with Crippen molar-refractivity contribution in [3.8, 4) is 0 Å². The van der Waals surface area contributed by atoms with Crippen molar-refractivity contribution >= 4 is 14.5 Å². The molecule has 0 aliphatic heterocycles. The van der Waals surface area contributed by atoms with E-state index < -0.39 is 23.3 Å². The van der Waals surface area contributed by atoms with Gasteiger partial charge in [-0.15, -0.1) is 0 Å². The number of halogens is 4. The molecule has 1 unspecified atom stereocenters. The fraction of sp³-hybridized carbons (Fsp3) is 0.250. The maximum absolute atomic E-state index is 12.9. The quantitative estimate of drug-likeness (QED) is 0.288. The number of hydrogen-bond acceptors (Lipinski definition) is 0. The monoisotopic (exact) mass is 211 g/mol. The minimum atomic E-state index is -1.74. The summed E-state index contributed by atoms with van der Waals surface area (Å²) >= 11 is 0. The molecule has 72 valence electrons. The van der Waals surface area contributed by atoms with Crippen molar-refractivity contribution in [3.05, 3.63) is 28.8 Å². The van der Waals surface area contributed by atoms with Crippen LogP contribution in [0.4, 0.5) is 17.6 Å². The molecular formula is C8H8F4P+. The smallest absolute Gasteiger partial charge is 0.203 e. The van der Waals surface area contributed by atoms with Crippen molar-refractivity contribution in [2.45, 2.75) is 13.3 Å². The Bertz CT molecular complexity index is 319. The van der Waals surface area contributed by atoms with Gasteiger partial charge in [0, 0.05) is 14.8 Å². The zero-order valence-electron chi connectivity index (χ0n) is 6.93. The van der Waals surface area contributed by atoms with Crippen LogP contribution < -0.4 is 5.30 Å². The van der Waals surface area contributed by atoms with Crippen molar-refractivity contribution < 1.29 is 17.6 Å². The standard InChI is InChI=1S/C8H7F4P/c1-2-3-4(9)5(10)6(11)7(12)8(3)13/h2,13H2,1H3/p+1. The molecule has 0 bridgehead atoms. The Morgan fingerprint density at radius 3 is 1.85 bits per heavy atom. The second-order valence-corrected chi connectivity index (χ2v) is 3.27. The van der Waals surface area contributed by atoms with Gasteiger partial charge >= 0.3 is 0 Å². The molecule has 0 heterocycles. The van der Waals surface area contributed by atoms with Crippen LogP contribution in [0, 0.1) is 23.3 Å². The zero-order chi connectivity index (χ0) is 10.2. The maximum Gasteiger partial charge on any atom is 0.203 e. The van der Waals surface area contributed by atoms with E-state index in [0.717, 1.165) is 9.24 Å². The first kappa shape index (κ1) is 10.5. The second kappa shape index (κ2) is 3.62. The van der Waals surface area contributed by atoms with E-state index in [9.17, 15) is 17.6 Å². The molecule has 0 saturated heterocycles. The van der Waals surface area contributed by atoms with Crippen molar-refractivity contribution in [2.24, 2.45) is 0 Å². The van der Waals surface area contributed by atoms with Crippen molar-refractivity contribution in [1.29, 1.82) is 0 Å². The van der Waals surface area contributed by atoms with Crippen LogP contribution in [0.15, 0.2) is 0 Å². The average molecular weight is 211 g/mol. The molecular weight excluding hydrogens is 203 g/mol. The predicted molar refractivity (Wildman–Crippen MR) is 46.4 cm³/mol. The summed E-state index contributed by atoms with van der Waals surface area (Å²) in [5, 5.41) is -0.140. The Labute approximate surface area is 75.2 Å². The van der Waals surface area contributed by atoms with E-state index in [4.69, 9.17) is 0 Å². The van der Waals surface area contributed by atoms with Crippen LogP contribution in [0.25, 0.3) is 0 Å². The molecule has 0 nitrogen and oxygen atoms in total. The van der Waals surface area contributed by atoms with Gasteiger partial charge in [-0.2, -0.15) is 4.39 Å². The summed E-state index contributed by atoms with van der Waals surface area (Å²) in [6, 6.07) is 0. The van der Waals surface area contributed by atoms with Crippen LogP contribution in [0.3, 0.4) is 0 Å². The van der Waals surface area contributed by atoms with Crippen LogP contribution in [0.2, 0.25) is 0 Å². The molecule has 0 fully saturated rings. The molecule has 1 atom stereocenters. The second-order valence-electron chi connectivity index (χ2n) is 2.57. The molecule has 1 rings (SSSR count). The minimum Gasteiger partial charge on any atom is -0.203 e. The molecule has 0 N–H and O–H groups in total. The van der Waals surface area contributed by atoms with Crippen molar-refractivity contribution in [1.82, 2.24) is 0 Å². The lowest BCUT2D eigenvalue weighted by molar-refractivity contribution is 0.408. The summed E-state index contributed by atoms with van der Waals surface area (Å²) in [6.45, 7) is 1.55. The summed E-state index contributed by atoms with van der Waals surface area (Å²) in [5.74, 6) is -6.05. The first-order valence-corrected chi connectivity index (χ1v) is 4.38. The number of rotatable bonds is 1. The summed E-state index contributed by atoms with van der Waals surface area (Å²) in [4.78, 5) is 0. The lowest BCUT2D eigenvalue weighted by Gasteiger charge is -2.04. The Morgan fingerprint density at radius 2 is 1.38 bits per heavy atom. The van der Waals surface area contributed by atoms with Gasteiger partial charge in [0.1, 0.15) is 5.30 Å². The average Bonchev–Trinajstić information content (AvgIpc) is 2.13. The zero-order valence-corrected chi connectivity index (χ0v) is 8.34. The molecule has 1 aromatic carbocycles. The van der Waals surface area contributed by atoms with Gasteiger partial charge in [0.25, 0.3) is 0 Å². The van der Waals surface area contributed by atoms with Crippen molar-refractivity contribution in [2.75, 3.05) is 0 Å². The lowest BCUT2D eigenvalue weighted by Crippen LogP contribution is -2.15. The third kappa shape index (κ3) is 1.55. The van der Waals surface area contributed by atoms with Crippen molar-refractivity contribution in [3.63, 3.8) is 0 Å². The summed E-state index contributed by atoms with van der Waals surface area (Å²) in [5.41, 5.74) is -0.102. The highest BCUT2D eigenvalue weighted by molar-refractivity contribution is 7.27. The van der Waals surface area contributed by atoms with Gasteiger partial charge in [-0.3, -0.25) is 0 Å². The molecule has 0 spiro atoms. The Hall–Kier alpha value is -0.630. The SMILES string of the molecule is CCc1c(F)c(F)c(F)c(F)c1[PH3+]. The molecule has 0 aromatic heterocycles. The summed E-state index contributed by atoms with van der Waals surface area (Å²) in [7, 11) is 1.01. The van der Waals surface area contributed by atoms with Gasteiger partial charge in [-0.25, -0.2) is 13.2 Å². The van der Waals surface area contributed by atoms with Gasteiger partial charge in [0.2, 0.25) is 11.6 Å². The largest absolute Gasteiger partial charge is 0.203 e. The maximum atomic E-state index is 12.9. The molecule has 5 heteroatoms. The van der Waals surface area contributed by atoms with Crippen LogP contribution >= 0.6 is 9.24 Å². The molecule has 0 saturated carbocycles. The summed E-state index contributed by atoms with van der Waals surface area (Å²) in [6.07, 6.45) is 0.138. The van der Waals surface area contributed by atoms with Crippen LogP contribution in [0.5, 0.6) is 0 Å². The Kier molecular flexibility index (Phi) is 2.91. The van der Waals surface area contributed by atoms with E-state index in [1.54, 1.807) is 6.92 Å². The Balaban J connectivity index is 3.56. The molecule has 0 aliphatic rings. The van der Waals surface area contributed by atoms with E-state index in [-0.39, 0.29) is 17.3 Å². The van der Waals surface area contributed by atoms with Crippen LogP contribution in [-0.4, -0.2) is 0 Å². The van der Waals surface area contributed by atoms with E-state index in [2.05, 4.69) is 0 Å². The van der Waals surface area contributed by atoms with E-state index in [1.807, 2.05) is 0 Å². The predicted octanol–water partition coefficient (Wildman–Crippen LogP) is 2.04. The number of benzene rings is 1. The minimum absolute atomic E-state index is 0.102. The molecule has 0 amide bonds. The van der Waals surface area contributed by atoms with Crippen LogP contribution in [-0.2, 0) is 6.42 Å². The molecule has 0 aliphatic carbocycles. The highest BCUT2D eigenvalue weighted by Crippen LogP contribution is 2.19. The topological polar surface area (TPSA) is 0 Å². The highest BCUT2D eigenvalue weighted by Gasteiger charge is 2.24. The third-order valence-electron chi connectivity index (χ3n) is 1.83. The number of hydrogen-bond donors (Lipinski definition) is 0. The van der Waals surface area contributed by atoms with E-state index >= 15 is 0 Å². The first-order chi connectivity index (χ1) is 6.00. The van der Waals surface area contributed by atoms with Gasteiger partial charge in [0.15, 0.2) is 11.6 Å². The molecule has 13 heavy (non-hydrogen) atoms.